The first-order valence-corrected chi connectivity index (χ1v) is 9.31. The number of hydrogen-bond acceptors (Lipinski definition) is 4. The first-order chi connectivity index (χ1) is 12.7. The van der Waals surface area contributed by atoms with Crippen molar-refractivity contribution in [1.82, 2.24) is 0 Å². The Morgan fingerprint density at radius 1 is 1.26 bits per heavy atom. The van der Waals surface area contributed by atoms with E-state index in [-0.39, 0.29) is 23.0 Å². The minimum atomic E-state index is -0.312. The van der Waals surface area contributed by atoms with E-state index in [0.717, 1.165) is 27.1 Å². The molecule has 1 amide bonds. The fraction of sp³-hybridized carbons (Fsp3) is 0.316. The number of furan rings is 1. The van der Waals surface area contributed by atoms with Crippen molar-refractivity contribution >= 4 is 39.2 Å². The number of rotatable bonds is 3. The second-order valence-electron chi connectivity index (χ2n) is 7.38. The molecule has 0 saturated carbocycles. The van der Waals surface area contributed by atoms with E-state index in [4.69, 9.17) is 15.9 Å². The van der Waals surface area contributed by atoms with Crippen LogP contribution in [0.4, 0.5) is 5.69 Å². The molecule has 1 aromatic heterocycles. The molecular formula is C19H22BrN5O2. The Kier molecular flexibility index (Phi) is 5.10. The van der Waals surface area contributed by atoms with Crippen molar-refractivity contribution in [3.05, 3.63) is 51.4 Å². The lowest BCUT2D eigenvalue weighted by Crippen LogP contribution is -2.27. The number of guanidine groups is 1. The van der Waals surface area contributed by atoms with Crippen LogP contribution in [-0.4, -0.2) is 17.6 Å². The van der Waals surface area contributed by atoms with Gasteiger partial charge < -0.3 is 21.2 Å². The molecule has 0 fully saturated rings. The lowest BCUT2D eigenvalue weighted by atomic mass is 9.75. The summed E-state index contributed by atoms with van der Waals surface area (Å²) in [5, 5.41) is 10.9. The standard InChI is InChI=1S/C19H22BrN5O2/c1-10-15-13(24-25-18(21)22)8-19(2,3)9-14(15)27-16(10)17(26)23-12-7-5-4-6-11(12)20/h4-7H,8-9H2,1-3H3,(H,23,26)(H4,21,22,25)/b24-13-. The largest absolute Gasteiger partial charge is 0.455 e. The number of para-hydroxylation sites is 1. The zero-order valence-electron chi connectivity index (χ0n) is 15.5. The molecular weight excluding hydrogens is 410 g/mol. The van der Waals surface area contributed by atoms with Crippen LogP contribution in [0.2, 0.25) is 0 Å². The second-order valence-corrected chi connectivity index (χ2v) is 8.23. The highest BCUT2D eigenvalue weighted by Gasteiger charge is 2.36. The normalized spacial score (nSPS) is 16.7. The fourth-order valence-corrected chi connectivity index (χ4v) is 3.66. The van der Waals surface area contributed by atoms with Gasteiger partial charge in [-0.3, -0.25) is 4.79 Å². The van der Waals surface area contributed by atoms with Crippen LogP contribution in [0, 0.1) is 12.3 Å². The Hall–Kier alpha value is -2.61. The molecule has 1 aliphatic rings. The van der Waals surface area contributed by atoms with Crippen LogP contribution in [0.1, 0.15) is 47.7 Å². The van der Waals surface area contributed by atoms with Crippen molar-refractivity contribution in [3.63, 3.8) is 0 Å². The first kappa shape index (κ1) is 19.2. The molecule has 27 heavy (non-hydrogen) atoms. The van der Waals surface area contributed by atoms with Crippen molar-refractivity contribution < 1.29 is 9.21 Å². The molecule has 0 radical (unpaired) electrons. The number of fused-ring (bicyclic) bond motifs is 1. The first-order valence-electron chi connectivity index (χ1n) is 8.52. The Labute approximate surface area is 166 Å². The zero-order valence-corrected chi connectivity index (χ0v) is 17.1. The molecule has 5 N–H and O–H groups in total. The van der Waals surface area contributed by atoms with E-state index in [1.54, 1.807) is 0 Å². The van der Waals surface area contributed by atoms with Gasteiger partial charge in [0.05, 0.1) is 11.4 Å². The highest BCUT2D eigenvalue weighted by molar-refractivity contribution is 9.10. The summed E-state index contributed by atoms with van der Waals surface area (Å²) in [4.78, 5) is 12.8. The average molecular weight is 432 g/mol. The number of carbonyl (C=O) groups is 1. The van der Waals surface area contributed by atoms with Gasteiger partial charge >= 0.3 is 0 Å². The van der Waals surface area contributed by atoms with Crippen molar-refractivity contribution in [2.75, 3.05) is 5.32 Å². The van der Waals surface area contributed by atoms with Gasteiger partial charge in [-0.2, -0.15) is 5.10 Å². The lowest BCUT2D eigenvalue weighted by molar-refractivity contribution is 0.0993. The summed E-state index contributed by atoms with van der Waals surface area (Å²) in [5.74, 6) is 0.574. The third-order valence-corrected chi connectivity index (χ3v) is 5.10. The second kappa shape index (κ2) is 7.19. The molecule has 0 atom stereocenters. The molecule has 0 aliphatic heterocycles. The topological polar surface area (TPSA) is 119 Å². The lowest BCUT2D eigenvalue weighted by Gasteiger charge is -2.29. The highest BCUT2D eigenvalue weighted by atomic mass is 79.9. The van der Waals surface area contributed by atoms with Gasteiger partial charge in [0.15, 0.2) is 5.76 Å². The van der Waals surface area contributed by atoms with Crippen LogP contribution in [0.3, 0.4) is 0 Å². The summed E-state index contributed by atoms with van der Waals surface area (Å²) in [5.41, 5.74) is 13.7. The van der Waals surface area contributed by atoms with E-state index in [9.17, 15) is 4.79 Å². The van der Waals surface area contributed by atoms with Crippen LogP contribution in [-0.2, 0) is 6.42 Å². The number of nitrogens with one attached hydrogen (secondary N) is 1. The number of nitrogens with two attached hydrogens (primary N) is 2. The Morgan fingerprint density at radius 3 is 2.63 bits per heavy atom. The summed E-state index contributed by atoms with van der Waals surface area (Å²) in [6, 6.07) is 7.40. The Balaban J connectivity index is 2.01. The molecule has 1 aromatic carbocycles. The molecule has 7 nitrogen and oxygen atoms in total. The SMILES string of the molecule is Cc1c(C(=O)Nc2ccccc2Br)oc2c1/C(=N\N=C(N)N)CC(C)(C)C2. The van der Waals surface area contributed by atoms with Gasteiger partial charge in [-0.25, -0.2) is 0 Å². The number of anilines is 1. The maximum absolute atomic E-state index is 12.8. The summed E-state index contributed by atoms with van der Waals surface area (Å²) in [7, 11) is 0. The number of benzene rings is 1. The van der Waals surface area contributed by atoms with Gasteiger partial charge in [-0.15, -0.1) is 5.10 Å². The molecule has 2 aromatic rings. The van der Waals surface area contributed by atoms with Crippen molar-refractivity contribution in [2.24, 2.45) is 27.1 Å². The van der Waals surface area contributed by atoms with Gasteiger partial charge in [0.25, 0.3) is 5.91 Å². The summed E-state index contributed by atoms with van der Waals surface area (Å²) >= 11 is 3.43. The number of halogens is 1. The van der Waals surface area contributed by atoms with Crippen LogP contribution in [0.15, 0.2) is 43.4 Å². The molecule has 0 bridgehead atoms. The van der Waals surface area contributed by atoms with E-state index in [1.165, 1.54) is 0 Å². The van der Waals surface area contributed by atoms with Crippen LogP contribution >= 0.6 is 15.9 Å². The summed E-state index contributed by atoms with van der Waals surface area (Å²) in [6.45, 7) is 6.07. The highest BCUT2D eigenvalue weighted by Crippen LogP contribution is 2.39. The van der Waals surface area contributed by atoms with Gasteiger partial charge in [0.1, 0.15) is 5.76 Å². The third-order valence-electron chi connectivity index (χ3n) is 4.41. The van der Waals surface area contributed by atoms with Crippen LogP contribution in [0.5, 0.6) is 0 Å². The van der Waals surface area contributed by atoms with Crippen LogP contribution in [0.25, 0.3) is 0 Å². The molecule has 0 spiro atoms. The van der Waals surface area contributed by atoms with Gasteiger partial charge in [-0.1, -0.05) is 26.0 Å². The smallest absolute Gasteiger partial charge is 0.291 e. The van der Waals surface area contributed by atoms with E-state index >= 15 is 0 Å². The molecule has 1 aliphatic carbocycles. The molecule has 1 heterocycles. The predicted molar refractivity (Wildman–Crippen MR) is 110 cm³/mol. The quantitative estimate of drug-likeness (QED) is 0.390. The van der Waals surface area contributed by atoms with Crippen LogP contribution < -0.4 is 16.8 Å². The molecule has 8 heteroatoms. The predicted octanol–water partition coefficient (Wildman–Crippen LogP) is 3.55. The van der Waals surface area contributed by atoms with Gasteiger partial charge in [-0.05, 0) is 46.8 Å². The Bertz CT molecular complexity index is 955. The number of nitrogens with zero attached hydrogens (tertiary/aromatic N) is 2. The summed E-state index contributed by atoms with van der Waals surface area (Å²) < 4.78 is 6.76. The molecule has 142 valence electrons. The van der Waals surface area contributed by atoms with Gasteiger partial charge in [0, 0.05) is 22.0 Å². The van der Waals surface area contributed by atoms with Crippen molar-refractivity contribution in [2.45, 2.75) is 33.6 Å². The number of hydrogen-bond donors (Lipinski definition) is 3. The van der Waals surface area contributed by atoms with E-state index in [0.29, 0.717) is 18.5 Å². The molecule has 0 saturated heterocycles. The maximum atomic E-state index is 12.8. The van der Waals surface area contributed by atoms with E-state index in [1.807, 2.05) is 31.2 Å². The average Bonchev–Trinajstić information content (AvgIpc) is 2.90. The van der Waals surface area contributed by atoms with Crippen molar-refractivity contribution in [3.8, 4) is 0 Å². The number of carbonyl (C=O) groups excluding carboxylic acids is 1. The number of amides is 1. The minimum absolute atomic E-state index is 0.0782. The minimum Gasteiger partial charge on any atom is -0.455 e. The molecule has 3 rings (SSSR count). The van der Waals surface area contributed by atoms with Gasteiger partial charge in [0.2, 0.25) is 5.96 Å². The van der Waals surface area contributed by atoms with E-state index < -0.39 is 0 Å². The zero-order chi connectivity index (χ0) is 19.8. The fourth-order valence-electron chi connectivity index (χ4n) is 3.28. The monoisotopic (exact) mass is 431 g/mol. The van der Waals surface area contributed by atoms with E-state index in [2.05, 4.69) is 45.3 Å². The maximum Gasteiger partial charge on any atom is 0.291 e. The third kappa shape index (κ3) is 4.05. The summed E-state index contributed by atoms with van der Waals surface area (Å²) in [6.07, 6.45) is 1.38. The van der Waals surface area contributed by atoms with Crippen molar-refractivity contribution in [1.29, 1.82) is 0 Å². The molecule has 0 unspecified atom stereocenters. The Morgan fingerprint density at radius 2 is 1.96 bits per heavy atom.